The van der Waals surface area contributed by atoms with E-state index in [1.165, 1.54) is 18.1 Å². The average Bonchev–Trinajstić information content (AvgIpc) is 2.93. The monoisotopic (exact) mass is 346 g/mol. The summed E-state index contributed by atoms with van der Waals surface area (Å²) in [4.78, 5) is 20.8. The van der Waals surface area contributed by atoms with Gasteiger partial charge in [-0.2, -0.15) is 5.26 Å². The lowest BCUT2D eigenvalue weighted by molar-refractivity contribution is -0.120. The lowest BCUT2D eigenvalue weighted by Crippen LogP contribution is -2.47. The molecule has 0 radical (unpaired) electrons. The number of nitriles is 1. The van der Waals surface area contributed by atoms with E-state index in [2.05, 4.69) is 21.4 Å². The van der Waals surface area contributed by atoms with Gasteiger partial charge >= 0.3 is 0 Å². The van der Waals surface area contributed by atoms with Gasteiger partial charge in [0.15, 0.2) is 0 Å². The summed E-state index contributed by atoms with van der Waals surface area (Å²) in [5.41, 5.74) is 0.225. The van der Waals surface area contributed by atoms with Crippen molar-refractivity contribution in [2.45, 2.75) is 49.1 Å². The molecule has 0 saturated heterocycles. The molecule has 1 aliphatic rings. The number of rotatable bonds is 4. The first-order valence-electron chi connectivity index (χ1n) is 7.76. The number of hydrogen-bond acceptors (Lipinski definition) is 6. The van der Waals surface area contributed by atoms with Crippen LogP contribution in [0.15, 0.2) is 22.8 Å². The Kier molecular flexibility index (Phi) is 5.13. The molecule has 3 rings (SSSR count). The molecule has 2 aromatic rings. The van der Waals surface area contributed by atoms with E-state index in [-0.39, 0.29) is 11.7 Å². The van der Waals surface area contributed by atoms with E-state index in [0.29, 0.717) is 0 Å². The second-order valence-electron chi connectivity index (χ2n) is 5.76. The van der Waals surface area contributed by atoms with Crippen LogP contribution in [0.2, 0.25) is 0 Å². The van der Waals surface area contributed by atoms with E-state index in [0.717, 1.165) is 53.8 Å². The smallest absolute Gasteiger partial charge is 0.231 e. The SMILES string of the molecule is N#CC1(NC(=O)CSc2ncnc3ccsc23)CCCCCC1. The van der Waals surface area contributed by atoms with Crippen LogP contribution in [0.4, 0.5) is 0 Å². The summed E-state index contributed by atoms with van der Waals surface area (Å²) in [5.74, 6) is 0.176. The Balaban J connectivity index is 1.63. The Morgan fingerprint density at radius 2 is 2.13 bits per heavy atom. The van der Waals surface area contributed by atoms with Gasteiger partial charge in [0.1, 0.15) is 16.9 Å². The third kappa shape index (κ3) is 3.82. The molecule has 2 heterocycles. The van der Waals surface area contributed by atoms with Gasteiger partial charge in [-0.05, 0) is 24.3 Å². The third-order valence-corrected chi connectivity index (χ3v) is 6.13. The van der Waals surface area contributed by atoms with Crippen LogP contribution in [0.1, 0.15) is 38.5 Å². The van der Waals surface area contributed by atoms with Crippen molar-refractivity contribution in [1.29, 1.82) is 5.26 Å². The van der Waals surface area contributed by atoms with Crippen LogP contribution < -0.4 is 5.32 Å². The molecule has 1 aliphatic carbocycles. The van der Waals surface area contributed by atoms with Gasteiger partial charge < -0.3 is 5.32 Å². The van der Waals surface area contributed by atoms with Gasteiger partial charge in [0.05, 0.1) is 22.0 Å². The van der Waals surface area contributed by atoms with Crippen molar-refractivity contribution in [2.75, 3.05) is 5.75 Å². The quantitative estimate of drug-likeness (QED) is 0.520. The molecule has 1 fully saturated rings. The zero-order valence-electron chi connectivity index (χ0n) is 12.7. The van der Waals surface area contributed by atoms with Gasteiger partial charge in [0.25, 0.3) is 0 Å². The van der Waals surface area contributed by atoms with E-state index >= 15 is 0 Å². The minimum atomic E-state index is -0.682. The number of fused-ring (bicyclic) bond motifs is 1. The summed E-state index contributed by atoms with van der Waals surface area (Å²) in [6.45, 7) is 0. The highest BCUT2D eigenvalue weighted by atomic mass is 32.2. The minimum absolute atomic E-state index is 0.0956. The van der Waals surface area contributed by atoms with E-state index < -0.39 is 5.54 Å². The number of amides is 1. The number of carbonyl (C=O) groups is 1. The standard InChI is InChI=1S/C16H18N4OS2/c17-10-16(6-3-1-2-4-7-16)20-13(21)9-23-15-14-12(5-8-22-14)18-11-19-15/h5,8,11H,1-4,6-7,9H2,(H,20,21). The van der Waals surface area contributed by atoms with Crippen molar-refractivity contribution < 1.29 is 4.79 Å². The van der Waals surface area contributed by atoms with Crippen LogP contribution in [0.5, 0.6) is 0 Å². The van der Waals surface area contributed by atoms with Crippen molar-refractivity contribution in [2.24, 2.45) is 0 Å². The van der Waals surface area contributed by atoms with E-state index in [9.17, 15) is 10.1 Å². The van der Waals surface area contributed by atoms with Crippen molar-refractivity contribution in [3.8, 4) is 6.07 Å². The van der Waals surface area contributed by atoms with Gasteiger partial charge in [0.2, 0.25) is 5.91 Å². The molecule has 1 amide bonds. The summed E-state index contributed by atoms with van der Waals surface area (Å²) in [7, 11) is 0. The normalized spacial score (nSPS) is 17.3. The molecule has 1 N–H and O–H groups in total. The zero-order chi connectivity index (χ0) is 16.1. The van der Waals surface area contributed by atoms with Crippen LogP contribution in [-0.4, -0.2) is 27.2 Å². The number of carbonyl (C=O) groups excluding carboxylic acids is 1. The van der Waals surface area contributed by atoms with E-state index in [4.69, 9.17) is 0 Å². The van der Waals surface area contributed by atoms with Crippen LogP contribution in [0.25, 0.3) is 10.2 Å². The molecule has 7 heteroatoms. The zero-order valence-corrected chi connectivity index (χ0v) is 14.4. The highest BCUT2D eigenvalue weighted by Crippen LogP contribution is 2.29. The topological polar surface area (TPSA) is 78.7 Å². The molecular formula is C16H18N4OS2. The fraction of sp³-hybridized carbons (Fsp3) is 0.500. The maximum absolute atomic E-state index is 12.3. The third-order valence-electron chi connectivity index (χ3n) is 4.10. The molecule has 1 saturated carbocycles. The lowest BCUT2D eigenvalue weighted by atomic mass is 9.92. The Morgan fingerprint density at radius 1 is 1.35 bits per heavy atom. The molecule has 5 nitrogen and oxygen atoms in total. The van der Waals surface area contributed by atoms with Gasteiger partial charge in [-0.15, -0.1) is 11.3 Å². The second kappa shape index (κ2) is 7.28. The highest BCUT2D eigenvalue weighted by molar-refractivity contribution is 8.00. The molecule has 0 atom stereocenters. The molecule has 0 aromatic carbocycles. The summed E-state index contributed by atoms with van der Waals surface area (Å²) < 4.78 is 1.01. The first kappa shape index (κ1) is 16.2. The van der Waals surface area contributed by atoms with Crippen LogP contribution in [0, 0.1) is 11.3 Å². The number of nitrogens with one attached hydrogen (secondary N) is 1. The Labute approximate surface area is 143 Å². The maximum Gasteiger partial charge on any atom is 0.231 e. The Morgan fingerprint density at radius 3 is 2.87 bits per heavy atom. The minimum Gasteiger partial charge on any atom is -0.337 e. The van der Waals surface area contributed by atoms with Gasteiger partial charge in [-0.3, -0.25) is 4.79 Å². The van der Waals surface area contributed by atoms with Crippen LogP contribution in [0.3, 0.4) is 0 Å². The predicted molar refractivity (Wildman–Crippen MR) is 92.3 cm³/mol. The molecule has 0 unspecified atom stereocenters. The summed E-state index contributed by atoms with van der Waals surface area (Å²) in [6, 6.07) is 4.29. The Hall–Kier alpha value is -1.65. The first-order valence-corrected chi connectivity index (χ1v) is 9.62. The van der Waals surface area contributed by atoms with Crippen molar-refractivity contribution in [1.82, 2.24) is 15.3 Å². The summed E-state index contributed by atoms with van der Waals surface area (Å²) in [5, 5.41) is 15.3. The van der Waals surface area contributed by atoms with Crippen molar-refractivity contribution >= 4 is 39.2 Å². The summed E-state index contributed by atoms with van der Waals surface area (Å²) in [6.07, 6.45) is 7.32. The maximum atomic E-state index is 12.3. The van der Waals surface area contributed by atoms with Crippen molar-refractivity contribution in [3.05, 3.63) is 17.8 Å². The van der Waals surface area contributed by atoms with Gasteiger partial charge in [0, 0.05) is 0 Å². The van der Waals surface area contributed by atoms with Crippen LogP contribution in [-0.2, 0) is 4.79 Å². The highest BCUT2D eigenvalue weighted by Gasteiger charge is 2.32. The predicted octanol–water partition coefficient (Wildman–Crippen LogP) is 3.52. The Bertz CT molecular complexity index is 729. The van der Waals surface area contributed by atoms with E-state index in [1.54, 1.807) is 11.3 Å². The average molecular weight is 346 g/mol. The second-order valence-corrected chi connectivity index (χ2v) is 7.64. The fourth-order valence-electron chi connectivity index (χ4n) is 2.90. The van der Waals surface area contributed by atoms with Crippen LogP contribution >= 0.6 is 23.1 Å². The van der Waals surface area contributed by atoms with E-state index in [1.807, 2.05) is 11.4 Å². The molecule has 120 valence electrons. The molecule has 0 spiro atoms. The number of thiophene rings is 1. The molecule has 2 aromatic heterocycles. The first-order chi connectivity index (χ1) is 11.2. The lowest BCUT2D eigenvalue weighted by Gasteiger charge is -2.26. The molecule has 23 heavy (non-hydrogen) atoms. The van der Waals surface area contributed by atoms with Crippen molar-refractivity contribution in [3.63, 3.8) is 0 Å². The largest absolute Gasteiger partial charge is 0.337 e. The number of nitrogens with zero attached hydrogens (tertiary/aromatic N) is 3. The van der Waals surface area contributed by atoms with Gasteiger partial charge in [-0.25, -0.2) is 9.97 Å². The molecule has 0 aliphatic heterocycles. The number of thioether (sulfide) groups is 1. The number of hydrogen-bond donors (Lipinski definition) is 1. The summed E-state index contributed by atoms with van der Waals surface area (Å²) >= 11 is 2.98. The number of aromatic nitrogens is 2. The molecule has 0 bridgehead atoms. The molecular weight excluding hydrogens is 328 g/mol. The fourth-order valence-corrected chi connectivity index (χ4v) is 4.65. The van der Waals surface area contributed by atoms with Gasteiger partial charge in [-0.1, -0.05) is 37.4 Å².